The zero-order valence-corrected chi connectivity index (χ0v) is 24.2. The Balaban J connectivity index is 1.89. The molecule has 0 bridgehead atoms. The molecule has 0 saturated carbocycles. The topological polar surface area (TPSA) is 58.6 Å². The number of nitrogens with one attached hydrogen (secondary N) is 1. The molecule has 0 spiro atoms. The molecule has 3 rings (SSSR count). The van der Waals surface area contributed by atoms with E-state index in [1.807, 2.05) is 75.4 Å². The predicted octanol–water partition coefficient (Wildman–Crippen LogP) is 6.10. The zero-order valence-electron chi connectivity index (χ0n) is 23.4. The molecule has 0 saturated heterocycles. The van der Waals surface area contributed by atoms with Crippen molar-refractivity contribution in [2.24, 2.45) is 0 Å². The lowest BCUT2D eigenvalue weighted by atomic mass is 10.0. The van der Waals surface area contributed by atoms with Crippen LogP contribution in [-0.4, -0.2) is 41.2 Å². The molecule has 1 atom stereocenters. The van der Waals surface area contributed by atoms with E-state index in [1.54, 1.807) is 23.8 Å². The number of thioether (sulfide) groups is 1. The third-order valence-electron chi connectivity index (χ3n) is 6.03. The van der Waals surface area contributed by atoms with E-state index in [0.29, 0.717) is 13.0 Å². The van der Waals surface area contributed by atoms with Crippen LogP contribution in [-0.2, 0) is 28.3 Å². The molecule has 0 radical (unpaired) electrons. The van der Waals surface area contributed by atoms with E-state index in [2.05, 4.69) is 37.4 Å². The molecular weight excluding hydrogens is 492 g/mol. The van der Waals surface area contributed by atoms with Crippen LogP contribution in [0.4, 0.5) is 0 Å². The van der Waals surface area contributed by atoms with Crippen molar-refractivity contribution in [2.45, 2.75) is 64.9 Å². The number of hydrogen-bond donors (Lipinski definition) is 1. The highest BCUT2D eigenvalue weighted by molar-refractivity contribution is 7.99. The van der Waals surface area contributed by atoms with E-state index in [-0.39, 0.29) is 17.6 Å². The fourth-order valence-electron chi connectivity index (χ4n) is 4.47. The number of rotatable bonds is 11. The van der Waals surface area contributed by atoms with E-state index in [1.165, 1.54) is 16.7 Å². The first-order chi connectivity index (χ1) is 18.0. The van der Waals surface area contributed by atoms with Gasteiger partial charge in [0.05, 0.1) is 12.9 Å². The van der Waals surface area contributed by atoms with E-state index in [4.69, 9.17) is 4.74 Å². The van der Waals surface area contributed by atoms with Gasteiger partial charge in [-0.25, -0.2) is 0 Å². The van der Waals surface area contributed by atoms with Gasteiger partial charge in [-0.15, -0.1) is 11.8 Å². The molecule has 5 nitrogen and oxygen atoms in total. The summed E-state index contributed by atoms with van der Waals surface area (Å²) in [6, 6.07) is 23.4. The molecule has 38 heavy (non-hydrogen) atoms. The standard InChI is InChI=1S/C32H40N2O3S/c1-23-15-24(2)17-27(16-23)21-38-22-30(35)34(20-26-13-10-14-28(18-26)37-6)29(31(36)33-32(3,4)5)19-25-11-8-7-9-12-25/h7-18,29H,19-22H2,1-6H3,(H,33,36)/t29-/m1/s1. The minimum absolute atomic E-state index is 0.0628. The molecule has 0 aliphatic carbocycles. The molecule has 0 aliphatic rings. The van der Waals surface area contributed by atoms with Crippen molar-refractivity contribution in [3.8, 4) is 5.75 Å². The predicted molar refractivity (Wildman–Crippen MR) is 157 cm³/mol. The second kappa shape index (κ2) is 13.5. The number of benzene rings is 3. The molecular formula is C32H40N2O3S. The van der Waals surface area contributed by atoms with Crippen molar-refractivity contribution < 1.29 is 14.3 Å². The number of ether oxygens (including phenoxy) is 1. The molecule has 2 amide bonds. The van der Waals surface area contributed by atoms with E-state index in [0.717, 1.165) is 22.6 Å². The van der Waals surface area contributed by atoms with Crippen LogP contribution < -0.4 is 10.1 Å². The Hall–Kier alpha value is -3.25. The summed E-state index contributed by atoms with van der Waals surface area (Å²) >= 11 is 1.58. The molecule has 202 valence electrons. The molecule has 0 aliphatic heterocycles. The quantitative estimate of drug-likeness (QED) is 0.324. The van der Waals surface area contributed by atoms with Gasteiger partial charge in [0.2, 0.25) is 11.8 Å². The summed E-state index contributed by atoms with van der Waals surface area (Å²) < 4.78 is 5.41. The van der Waals surface area contributed by atoms with Crippen LogP contribution in [0.25, 0.3) is 0 Å². The second-order valence-electron chi connectivity index (χ2n) is 10.8. The van der Waals surface area contributed by atoms with Crippen LogP contribution in [0.2, 0.25) is 0 Å². The van der Waals surface area contributed by atoms with Crippen molar-refractivity contribution >= 4 is 23.6 Å². The summed E-state index contributed by atoms with van der Waals surface area (Å²) in [4.78, 5) is 29.2. The lowest BCUT2D eigenvalue weighted by Gasteiger charge is -2.34. The Kier molecular flexibility index (Phi) is 10.4. The normalized spacial score (nSPS) is 12.1. The first-order valence-corrected chi connectivity index (χ1v) is 14.1. The van der Waals surface area contributed by atoms with Crippen LogP contribution in [0.5, 0.6) is 5.75 Å². The molecule has 0 heterocycles. The van der Waals surface area contributed by atoms with E-state index < -0.39 is 11.6 Å². The van der Waals surface area contributed by atoms with Gasteiger partial charge < -0.3 is 15.0 Å². The summed E-state index contributed by atoms with van der Waals surface area (Å²) in [5, 5.41) is 3.11. The van der Waals surface area contributed by atoms with Crippen molar-refractivity contribution in [1.29, 1.82) is 0 Å². The Morgan fingerprint density at radius 3 is 2.18 bits per heavy atom. The van der Waals surface area contributed by atoms with Crippen molar-refractivity contribution in [1.82, 2.24) is 10.2 Å². The third kappa shape index (κ3) is 9.25. The van der Waals surface area contributed by atoms with Crippen LogP contribution >= 0.6 is 11.8 Å². The lowest BCUT2D eigenvalue weighted by Crippen LogP contribution is -2.54. The highest BCUT2D eigenvalue weighted by Crippen LogP contribution is 2.22. The number of amides is 2. The minimum atomic E-state index is -0.655. The zero-order chi connectivity index (χ0) is 27.7. The smallest absolute Gasteiger partial charge is 0.243 e. The first kappa shape index (κ1) is 29.3. The number of carbonyl (C=O) groups excluding carboxylic acids is 2. The summed E-state index contributed by atoms with van der Waals surface area (Å²) in [5.41, 5.74) is 5.13. The maximum Gasteiger partial charge on any atom is 0.243 e. The van der Waals surface area contributed by atoms with E-state index in [9.17, 15) is 9.59 Å². The second-order valence-corrected chi connectivity index (χ2v) is 11.8. The summed E-state index contributed by atoms with van der Waals surface area (Å²) in [6.45, 7) is 10.4. The van der Waals surface area contributed by atoms with Crippen LogP contribution in [0, 0.1) is 13.8 Å². The average molecular weight is 533 g/mol. The molecule has 3 aromatic carbocycles. The molecule has 1 N–H and O–H groups in total. The van der Waals surface area contributed by atoms with Gasteiger partial charge in [0.25, 0.3) is 0 Å². The molecule has 6 heteroatoms. The Morgan fingerprint density at radius 1 is 0.895 bits per heavy atom. The highest BCUT2D eigenvalue weighted by atomic mass is 32.2. The average Bonchev–Trinajstić information content (AvgIpc) is 2.85. The van der Waals surface area contributed by atoms with Gasteiger partial charge in [0.1, 0.15) is 11.8 Å². The van der Waals surface area contributed by atoms with Gasteiger partial charge in [0.15, 0.2) is 0 Å². The maximum atomic E-state index is 13.8. The van der Waals surface area contributed by atoms with Gasteiger partial charge in [0, 0.05) is 24.3 Å². The number of methoxy groups -OCH3 is 1. The highest BCUT2D eigenvalue weighted by Gasteiger charge is 2.32. The Bertz CT molecular complexity index is 1200. The molecule has 0 aromatic heterocycles. The SMILES string of the molecule is COc1cccc(CN(C(=O)CSCc2cc(C)cc(C)c2)[C@H](Cc2ccccc2)C(=O)NC(C)(C)C)c1. The number of hydrogen-bond acceptors (Lipinski definition) is 4. The molecule has 3 aromatic rings. The minimum Gasteiger partial charge on any atom is -0.497 e. The summed E-state index contributed by atoms with van der Waals surface area (Å²) in [7, 11) is 1.63. The first-order valence-electron chi connectivity index (χ1n) is 13.0. The van der Waals surface area contributed by atoms with Crippen LogP contribution in [0.1, 0.15) is 48.6 Å². The Morgan fingerprint density at radius 2 is 1.55 bits per heavy atom. The van der Waals surface area contributed by atoms with Gasteiger partial charge in [-0.05, 0) is 63.4 Å². The third-order valence-corrected chi connectivity index (χ3v) is 7.02. The lowest BCUT2D eigenvalue weighted by molar-refractivity contribution is -0.140. The van der Waals surface area contributed by atoms with Crippen molar-refractivity contribution in [3.05, 3.63) is 101 Å². The van der Waals surface area contributed by atoms with E-state index >= 15 is 0 Å². The largest absolute Gasteiger partial charge is 0.497 e. The number of carbonyl (C=O) groups is 2. The Labute approximate surface area is 232 Å². The molecule has 0 unspecified atom stereocenters. The van der Waals surface area contributed by atoms with Gasteiger partial charge in [-0.1, -0.05) is 71.8 Å². The fraction of sp³-hybridized carbons (Fsp3) is 0.375. The molecule has 0 fully saturated rings. The van der Waals surface area contributed by atoms with Crippen molar-refractivity contribution in [3.63, 3.8) is 0 Å². The number of aryl methyl sites for hydroxylation is 2. The summed E-state index contributed by atoms with van der Waals surface area (Å²) in [6.07, 6.45) is 0.431. The monoisotopic (exact) mass is 532 g/mol. The van der Waals surface area contributed by atoms with Crippen LogP contribution in [0.15, 0.2) is 72.8 Å². The van der Waals surface area contributed by atoms with Gasteiger partial charge >= 0.3 is 0 Å². The van der Waals surface area contributed by atoms with Gasteiger partial charge in [-0.2, -0.15) is 0 Å². The fourth-order valence-corrected chi connectivity index (χ4v) is 5.31. The summed E-state index contributed by atoms with van der Waals surface area (Å²) in [5.74, 6) is 1.52. The maximum absolute atomic E-state index is 13.8. The van der Waals surface area contributed by atoms with Crippen molar-refractivity contribution in [2.75, 3.05) is 12.9 Å². The number of nitrogens with zero attached hydrogens (tertiary/aromatic N) is 1. The van der Waals surface area contributed by atoms with Crippen LogP contribution in [0.3, 0.4) is 0 Å². The van der Waals surface area contributed by atoms with Gasteiger partial charge in [-0.3, -0.25) is 9.59 Å².